The van der Waals surface area contributed by atoms with Crippen molar-refractivity contribution in [2.75, 3.05) is 0 Å². The van der Waals surface area contributed by atoms with Crippen LogP contribution in [0.1, 0.15) is 46.0 Å². The van der Waals surface area contributed by atoms with E-state index in [4.69, 9.17) is 30.5 Å². The number of carbonyl (C=O) groups excluding carboxylic acids is 2. The van der Waals surface area contributed by atoms with E-state index in [0.29, 0.717) is 33.7 Å². The van der Waals surface area contributed by atoms with E-state index >= 15 is 0 Å². The Labute approximate surface area is 227 Å². The average molecular weight is 533 g/mol. The number of fused-ring (bicyclic) bond motifs is 1. The SMILES string of the molecule is CCCCCC(=O)Oc1c(Oc2ccccc2)c(Oc2ccccc2)c(OC(=O)CC)c2ccc(Cl)cc12. The monoisotopic (exact) mass is 532 g/mol. The molecule has 0 saturated carbocycles. The maximum Gasteiger partial charge on any atom is 0.311 e. The molecule has 0 N–H and O–H groups in total. The largest absolute Gasteiger partial charge is 0.449 e. The molecule has 4 aromatic rings. The van der Waals surface area contributed by atoms with Crippen LogP contribution in [0.3, 0.4) is 0 Å². The molecule has 0 aromatic heterocycles. The van der Waals surface area contributed by atoms with E-state index in [1.54, 1.807) is 49.4 Å². The van der Waals surface area contributed by atoms with Gasteiger partial charge in [-0.25, -0.2) is 0 Å². The lowest BCUT2D eigenvalue weighted by Gasteiger charge is -2.21. The Kier molecular flexibility index (Phi) is 9.22. The number of benzene rings is 4. The van der Waals surface area contributed by atoms with Gasteiger partial charge in [0.25, 0.3) is 0 Å². The van der Waals surface area contributed by atoms with E-state index in [1.165, 1.54) is 0 Å². The van der Waals surface area contributed by atoms with Crippen LogP contribution in [0.2, 0.25) is 5.02 Å². The minimum absolute atomic E-state index is 0.0950. The van der Waals surface area contributed by atoms with E-state index in [2.05, 4.69) is 6.92 Å². The van der Waals surface area contributed by atoms with E-state index in [9.17, 15) is 9.59 Å². The first-order valence-electron chi connectivity index (χ1n) is 12.7. The molecule has 0 radical (unpaired) electrons. The van der Waals surface area contributed by atoms with Crippen molar-refractivity contribution in [3.63, 3.8) is 0 Å². The molecule has 0 spiro atoms. The first-order valence-corrected chi connectivity index (χ1v) is 13.0. The summed E-state index contributed by atoms with van der Waals surface area (Å²) in [6.07, 6.45) is 2.96. The molecule has 4 aromatic carbocycles. The molecule has 6 nitrogen and oxygen atoms in total. The van der Waals surface area contributed by atoms with Crippen molar-refractivity contribution in [3.8, 4) is 34.5 Å². The van der Waals surface area contributed by atoms with Crippen LogP contribution in [-0.4, -0.2) is 11.9 Å². The number of ether oxygens (including phenoxy) is 4. The Morgan fingerprint density at radius 3 is 1.76 bits per heavy atom. The average Bonchev–Trinajstić information content (AvgIpc) is 2.93. The van der Waals surface area contributed by atoms with Crippen LogP contribution in [0.25, 0.3) is 10.8 Å². The number of halogens is 1. The van der Waals surface area contributed by atoms with E-state index in [-0.39, 0.29) is 35.8 Å². The van der Waals surface area contributed by atoms with Gasteiger partial charge in [-0.1, -0.05) is 74.7 Å². The minimum Gasteiger partial charge on any atom is -0.449 e. The topological polar surface area (TPSA) is 71.1 Å². The maximum absolute atomic E-state index is 13.0. The molecule has 0 heterocycles. The van der Waals surface area contributed by atoms with E-state index in [1.807, 2.05) is 36.4 Å². The van der Waals surface area contributed by atoms with Gasteiger partial charge in [0.2, 0.25) is 11.5 Å². The quantitative estimate of drug-likeness (QED) is 0.109. The highest BCUT2D eigenvalue weighted by atomic mass is 35.5. The Hall–Kier alpha value is -4.03. The fraction of sp³-hybridized carbons (Fsp3) is 0.226. The predicted octanol–water partition coefficient (Wildman–Crippen LogP) is 8.88. The maximum atomic E-state index is 13.0. The third-order valence-corrected chi connectivity index (χ3v) is 5.96. The van der Waals surface area contributed by atoms with Gasteiger partial charge in [-0.05, 0) is 48.9 Å². The Balaban J connectivity index is 1.98. The van der Waals surface area contributed by atoms with Gasteiger partial charge in [-0.2, -0.15) is 0 Å². The fourth-order valence-electron chi connectivity index (χ4n) is 3.82. The van der Waals surface area contributed by atoms with Gasteiger partial charge in [-0.15, -0.1) is 0 Å². The third kappa shape index (κ3) is 6.64. The number of rotatable bonds is 11. The Morgan fingerprint density at radius 1 is 0.658 bits per heavy atom. The summed E-state index contributed by atoms with van der Waals surface area (Å²) >= 11 is 6.38. The molecule has 4 rings (SSSR count). The second-order valence-corrected chi connectivity index (χ2v) is 9.03. The Morgan fingerprint density at radius 2 is 1.21 bits per heavy atom. The van der Waals surface area contributed by atoms with Gasteiger partial charge in [0.15, 0.2) is 11.5 Å². The molecule has 0 aliphatic carbocycles. The molecule has 0 unspecified atom stereocenters. The lowest BCUT2D eigenvalue weighted by atomic mass is 10.1. The van der Waals surface area contributed by atoms with Crippen molar-refractivity contribution in [3.05, 3.63) is 83.9 Å². The van der Waals surface area contributed by atoms with Crippen LogP contribution in [0.15, 0.2) is 78.9 Å². The standard InChI is InChI=1S/C31H29ClO6/c1-3-5-8-17-27(34)38-29-25-20-21(32)18-19-24(25)28(37-26(33)4-2)30(35-22-13-9-6-10-14-22)31(29)36-23-15-11-7-12-16-23/h6-7,9-16,18-20H,3-5,8,17H2,1-2H3. The molecule has 196 valence electrons. The Bertz CT molecular complexity index is 1400. The molecule has 0 saturated heterocycles. The lowest BCUT2D eigenvalue weighted by molar-refractivity contribution is -0.135. The van der Waals surface area contributed by atoms with Crippen LogP contribution in [0.5, 0.6) is 34.5 Å². The summed E-state index contributed by atoms with van der Waals surface area (Å²) in [5.74, 6) is 0.552. The summed E-state index contributed by atoms with van der Waals surface area (Å²) in [6, 6.07) is 23.1. The van der Waals surface area contributed by atoms with E-state index < -0.39 is 11.9 Å². The first-order chi connectivity index (χ1) is 18.5. The number of hydrogen-bond donors (Lipinski definition) is 0. The zero-order valence-electron chi connectivity index (χ0n) is 21.4. The zero-order chi connectivity index (χ0) is 26.9. The zero-order valence-corrected chi connectivity index (χ0v) is 22.1. The van der Waals surface area contributed by atoms with Crippen LogP contribution in [0.4, 0.5) is 0 Å². The van der Waals surface area contributed by atoms with Crippen LogP contribution >= 0.6 is 11.6 Å². The summed E-state index contributed by atoms with van der Waals surface area (Å²) in [5.41, 5.74) is 0. The molecular weight excluding hydrogens is 504 g/mol. The molecule has 0 amide bonds. The highest BCUT2D eigenvalue weighted by Gasteiger charge is 2.29. The second-order valence-electron chi connectivity index (χ2n) is 8.60. The van der Waals surface area contributed by atoms with E-state index in [0.717, 1.165) is 12.8 Å². The number of hydrogen-bond acceptors (Lipinski definition) is 6. The van der Waals surface area contributed by atoms with Gasteiger partial charge in [0.1, 0.15) is 11.5 Å². The molecule has 0 aliphatic heterocycles. The molecule has 0 fully saturated rings. The molecule has 38 heavy (non-hydrogen) atoms. The van der Waals surface area contributed by atoms with Gasteiger partial charge in [0.05, 0.1) is 0 Å². The van der Waals surface area contributed by atoms with Crippen molar-refractivity contribution < 1.29 is 28.5 Å². The summed E-state index contributed by atoms with van der Waals surface area (Å²) in [4.78, 5) is 25.5. The highest BCUT2D eigenvalue weighted by Crippen LogP contribution is 2.54. The number of esters is 2. The van der Waals surface area contributed by atoms with Crippen LogP contribution < -0.4 is 18.9 Å². The molecular formula is C31H29ClO6. The van der Waals surface area contributed by atoms with Crippen molar-refractivity contribution in [2.24, 2.45) is 0 Å². The predicted molar refractivity (Wildman–Crippen MR) is 148 cm³/mol. The fourth-order valence-corrected chi connectivity index (χ4v) is 4.00. The van der Waals surface area contributed by atoms with Crippen LogP contribution in [-0.2, 0) is 9.59 Å². The summed E-state index contributed by atoms with van der Waals surface area (Å²) in [5, 5.41) is 1.35. The third-order valence-electron chi connectivity index (χ3n) is 5.72. The smallest absolute Gasteiger partial charge is 0.311 e. The van der Waals surface area contributed by atoms with Gasteiger partial charge < -0.3 is 18.9 Å². The van der Waals surface area contributed by atoms with Crippen molar-refractivity contribution in [1.29, 1.82) is 0 Å². The van der Waals surface area contributed by atoms with Crippen molar-refractivity contribution >= 4 is 34.3 Å². The lowest BCUT2D eigenvalue weighted by Crippen LogP contribution is -2.11. The molecule has 7 heteroatoms. The molecule has 0 bridgehead atoms. The number of carbonyl (C=O) groups is 2. The second kappa shape index (κ2) is 13.0. The van der Waals surface area contributed by atoms with Crippen LogP contribution in [0, 0.1) is 0 Å². The normalized spacial score (nSPS) is 10.7. The van der Waals surface area contributed by atoms with Crippen molar-refractivity contribution in [2.45, 2.75) is 46.0 Å². The molecule has 0 atom stereocenters. The van der Waals surface area contributed by atoms with Gasteiger partial charge in [-0.3, -0.25) is 9.59 Å². The highest BCUT2D eigenvalue weighted by molar-refractivity contribution is 6.31. The number of unbranched alkanes of at least 4 members (excludes halogenated alkanes) is 2. The summed E-state index contributed by atoms with van der Waals surface area (Å²) in [7, 11) is 0. The summed E-state index contributed by atoms with van der Waals surface area (Å²) in [6.45, 7) is 3.77. The number of para-hydroxylation sites is 2. The van der Waals surface area contributed by atoms with Crippen molar-refractivity contribution in [1.82, 2.24) is 0 Å². The summed E-state index contributed by atoms with van der Waals surface area (Å²) < 4.78 is 24.4. The minimum atomic E-state index is -0.464. The van der Waals surface area contributed by atoms with Gasteiger partial charge in [0, 0.05) is 28.6 Å². The first kappa shape index (κ1) is 27.0. The van der Waals surface area contributed by atoms with Gasteiger partial charge >= 0.3 is 11.9 Å². The molecule has 0 aliphatic rings.